The van der Waals surface area contributed by atoms with Gasteiger partial charge in [0.25, 0.3) is 0 Å². The first-order valence-corrected chi connectivity index (χ1v) is 10.1. The van der Waals surface area contributed by atoms with Crippen LogP contribution < -0.4 is 4.74 Å². The Labute approximate surface area is 162 Å². The summed E-state index contributed by atoms with van der Waals surface area (Å²) in [6.07, 6.45) is 0. The number of aryl methyl sites for hydroxylation is 1. The molecule has 1 fully saturated rings. The smallest absolute Gasteiger partial charge is 0.230 e. The first-order valence-electron chi connectivity index (χ1n) is 9.26. The molecule has 0 amide bonds. The number of benzene rings is 1. The lowest BCUT2D eigenvalue weighted by atomic mass is 10.0. The van der Waals surface area contributed by atoms with E-state index < -0.39 is 0 Å². The number of methoxy groups -OCH3 is 1. The molecule has 0 aliphatic carbocycles. The Morgan fingerprint density at radius 3 is 2.63 bits per heavy atom. The number of aromatic hydroxyl groups is 1. The average molecular weight is 388 g/mol. The number of thiazole rings is 1. The molecule has 4 rings (SSSR count). The number of para-hydroxylation sites is 1. The third-order valence-electron chi connectivity index (χ3n) is 5.21. The van der Waals surface area contributed by atoms with Crippen molar-refractivity contribution in [1.29, 1.82) is 0 Å². The summed E-state index contributed by atoms with van der Waals surface area (Å²) >= 11 is 1.50. The van der Waals surface area contributed by atoms with Gasteiger partial charge in [-0.1, -0.05) is 36.5 Å². The lowest BCUT2D eigenvalue weighted by Crippen LogP contribution is -2.47. The second-order valence-corrected chi connectivity index (χ2v) is 7.77. The van der Waals surface area contributed by atoms with Gasteiger partial charge < -0.3 is 14.7 Å². The van der Waals surface area contributed by atoms with E-state index in [9.17, 15) is 5.11 Å². The van der Waals surface area contributed by atoms with Gasteiger partial charge in [-0.3, -0.25) is 4.90 Å². The van der Waals surface area contributed by atoms with Gasteiger partial charge in [0.2, 0.25) is 10.8 Å². The molecule has 144 valence electrons. The summed E-state index contributed by atoms with van der Waals surface area (Å²) in [6, 6.07) is 7.96. The van der Waals surface area contributed by atoms with E-state index in [1.807, 2.05) is 25.1 Å². The summed E-state index contributed by atoms with van der Waals surface area (Å²) in [7, 11) is 1.69. The quantitative estimate of drug-likeness (QED) is 0.726. The van der Waals surface area contributed by atoms with Crippen LogP contribution in [0.3, 0.4) is 0 Å². The van der Waals surface area contributed by atoms with Crippen LogP contribution in [0.2, 0.25) is 0 Å². The highest BCUT2D eigenvalue weighted by atomic mass is 32.1. The third-order valence-corrected chi connectivity index (χ3v) is 6.28. The van der Waals surface area contributed by atoms with Gasteiger partial charge in [0, 0.05) is 31.7 Å². The Bertz CT molecular complexity index is 929. The molecule has 1 aliphatic heterocycles. The summed E-state index contributed by atoms with van der Waals surface area (Å²) in [5.74, 6) is 1.66. The first-order chi connectivity index (χ1) is 13.1. The lowest BCUT2D eigenvalue weighted by molar-refractivity contribution is 0.112. The van der Waals surface area contributed by atoms with E-state index in [4.69, 9.17) is 4.74 Å². The minimum atomic E-state index is -0.0889. The number of rotatable bonds is 5. The van der Waals surface area contributed by atoms with Gasteiger partial charge in [0.1, 0.15) is 11.6 Å². The molecule has 27 heavy (non-hydrogen) atoms. The molecule has 0 bridgehead atoms. The van der Waals surface area contributed by atoms with Gasteiger partial charge in [-0.05, 0) is 19.5 Å². The summed E-state index contributed by atoms with van der Waals surface area (Å²) in [4.78, 5) is 10.9. The van der Waals surface area contributed by atoms with Crippen molar-refractivity contribution in [1.82, 2.24) is 24.4 Å². The maximum atomic E-state index is 10.9. The van der Waals surface area contributed by atoms with Crippen molar-refractivity contribution in [2.75, 3.05) is 39.8 Å². The number of fused-ring (bicyclic) bond motifs is 1. The molecule has 1 aliphatic rings. The van der Waals surface area contributed by atoms with Crippen molar-refractivity contribution >= 4 is 16.3 Å². The number of likely N-dealkylation sites (N-methyl/N-ethyl adjacent to an activating group) is 1. The second-order valence-electron chi connectivity index (χ2n) is 6.76. The lowest BCUT2D eigenvalue weighted by Gasteiger charge is -2.39. The predicted molar refractivity (Wildman–Crippen MR) is 106 cm³/mol. The fourth-order valence-corrected chi connectivity index (χ4v) is 4.91. The largest absolute Gasteiger partial charge is 0.496 e. The van der Waals surface area contributed by atoms with E-state index in [1.165, 1.54) is 11.3 Å². The van der Waals surface area contributed by atoms with E-state index in [2.05, 4.69) is 32.9 Å². The molecule has 1 saturated heterocycles. The first kappa shape index (κ1) is 18.2. The normalized spacial score (nSPS) is 17.4. The number of nitrogens with zero attached hydrogens (tertiary/aromatic N) is 5. The number of aromatic nitrogens is 3. The van der Waals surface area contributed by atoms with Crippen LogP contribution in [0, 0.1) is 6.92 Å². The Morgan fingerprint density at radius 2 is 1.96 bits per heavy atom. The minimum Gasteiger partial charge on any atom is -0.496 e. The van der Waals surface area contributed by atoms with E-state index in [1.54, 1.807) is 11.6 Å². The van der Waals surface area contributed by atoms with Gasteiger partial charge >= 0.3 is 0 Å². The molecule has 1 atom stereocenters. The average Bonchev–Trinajstić information content (AvgIpc) is 3.20. The SMILES string of the molecule is CCN1CCN([C@@H](c2ccccc2OC)c2sc3nc(C)nn3c2O)CC1. The van der Waals surface area contributed by atoms with Crippen molar-refractivity contribution in [2.45, 2.75) is 19.9 Å². The van der Waals surface area contributed by atoms with Crippen molar-refractivity contribution in [3.63, 3.8) is 0 Å². The van der Waals surface area contributed by atoms with Gasteiger partial charge in [-0.2, -0.15) is 4.52 Å². The maximum absolute atomic E-state index is 10.9. The monoisotopic (exact) mass is 387 g/mol. The highest BCUT2D eigenvalue weighted by Crippen LogP contribution is 2.42. The predicted octanol–water partition coefficient (Wildman–Crippen LogP) is 2.54. The summed E-state index contributed by atoms with van der Waals surface area (Å²) < 4.78 is 7.19. The Kier molecular flexibility index (Phi) is 5.03. The Hall–Kier alpha value is -2.16. The molecule has 2 aromatic heterocycles. The Balaban J connectivity index is 1.80. The number of piperazine rings is 1. The molecule has 1 aromatic carbocycles. The zero-order valence-corrected chi connectivity index (χ0v) is 16.7. The standard InChI is InChI=1S/C19H25N5O2S/c1-4-22-9-11-23(12-10-22)16(14-7-5-6-8-15(14)26-3)17-18(25)24-19(27-17)20-13(2)21-24/h5-8,16,25H,4,9-12H2,1-3H3/t16-/m0/s1. The summed E-state index contributed by atoms with van der Waals surface area (Å²) in [6.45, 7) is 8.99. The van der Waals surface area contributed by atoms with E-state index in [0.29, 0.717) is 10.8 Å². The molecule has 0 saturated carbocycles. The van der Waals surface area contributed by atoms with Crippen LogP contribution >= 0.6 is 11.3 Å². The number of ether oxygens (including phenoxy) is 1. The molecule has 1 N–H and O–H groups in total. The van der Waals surface area contributed by atoms with E-state index in [-0.39, 0.29) is 11.9 Å². The summed E-state index contributed by atoms with van der Waals surface area (Å²) in [5, 5.41) is 15.3. The zero-order valence-electron chi connectivity index (χ0n) is 15.9. The fraction of sp³-hybridized carbons (Fsp3) is 0.474. The van der Waals surface area contributed by atoms with Crippen molar-refractivity contribution < 1.29 is 9.84 Å². The molecular weight excluding hydrogens is 362 g/mol. The van der Waals surface area contributed by atoms with Crippen LogP contribution in [-0.2, 0) is 0 Å². The van der Waals surface area contributed by atoms with Crippen LogP contribution in [-0.4, -0.2) is 69.3 Å². The highest BCUT2D eigenvalue weighted by molar-refractivity contribution is 7.17. The van der Waals surface area contributed by atoms with E-state index in [0.717, 1.165) is 48.9 Å². The van der Waals surface area contributed by atoms with Crippen molar-refractivity contribution in [2.24, 2.45) is 0 Å². The minimum absolute atomic E-state index is 0.0889. The molecule has 3 aromatic rings. The molecule has 0 radical (unpaired) electrons. The van der Waals surface area contributed by atoms with Gasteiger partial charge in [0.15, 0.2) is 0 Å². The van der Waals surface area contributed by atoms with Gasteiger partial charge in [-0.15, -0.1) is 5.10 Å². The molecule has 8 heteroatoms. The molecule has 0 unspecified atom stereocenters. The van der Waals surface area contributed by atoms with Crippen LogP contribution in [0.1, 0.15) is 29.2 Å². The van der Waals surface area contributed by atoms with Gasteiger partial charge in [0.05, 0.1) is 18.0 Å². The van der Waals surface area contributed by atoms with Crippen LogP contribution in [0.4, 0.5) is 0 Å². The summed E-state index contributed by atoms with van der Waals surface area (Å²) in [5.41, 5.74) is 1.06. The zero-order chi connectivity index (χ0) is 19.0. The van der Waals surface area contributed by atoms with Crippen LogP contribution in [0.15, 0.2) is 24.3 Å². The maximum Gasteiger partial charge on any atom is 0.230 e. The molecule has 0 spiro atoms. The third kappa shape index (κ3) is 3.28. The molecular formula is C19H25N5O2S. The van der Waals surface area contributed by atoms with Gasteiger partial charge in [-0.25, -0.2) is 4.98 Å². The number of hydrogen-bond donors (Lipinski definition) is 1. The number of hydrogen-bond acceptors (Lipinski definition) is 7. The topological polar surface area (TPSA) is 66.1 Å². The molecule has 7 nitrogen and oxygen atoms in total. The second kappa shape index (κ2) is 7.46. The fourth-order valence-electron chi connectivity index (χ4n) is 3.76. The van der Waals surface area contributed by atoms with Crippen molar-refractivity contribution in [3.05, 3.63) is 40.5 Å². The molecule has 3 heterocycles. The Morgan fingerprint density at radius 1 is 1.22 bits per heavy atom. The van der Waals surface area contributed by atoms with E-state index >= 15 is 0 Å². The van der Waals surface area contributed by atoms with Crippen LogP contribution in [0.25, 0.3) is 4.96 Å². The highest BCUT2D eigenvalue weighted by Gasteiger charge is 2.33. The van der Waals surface area contributed by atoms with Crippen molar-refractivity contribution in [3.8, 4) is 11.6 Å². The van der Waals surface area contributed by atoms with Crippen LogP contribution in [0.5, 0.6) is 11.6 Å².